The highest BCUT2D eigenvalue weighted by Gasteiger charge is 2.05. The van der Waals surface area contributed by atoms with Gasteiger partial charge in [0.05, 0.1) is 11.0 Å². The van der Waals surface area contributed by atoms with E-state index in [1.165, 1.54) is 11.1 Å². The molecule has 0 atom stereocenters. The van der Waals surface area contributed by atoms with Crippen molar-refractivity contribution in [3.63, 3.8) is 0 Å². The first kappa shape index (κ1) is 9.60. The molecule has 0 amide bonds. The van der Waals surface area contributed by atoms with Crippen molar-refractivity contribution in [3.8, 4) is 0 Å². The van der Waals surface area contributed by atoms with Crippen LogP contribution >= 0.6 is 11.3 Å². The number of para-hydroxylation sites is 1. The molecule has 2 aromatic heterocycles. The van der Waals surface area contributed by atoms with Gasteiger partial charge in [0, 0.05) is 6.42 Å². The van der Waals surface area contributed by atoms with Crippen LogP contribution in [0.25, 0.3) is 11.0 Å². The fourth-order valence-electron chi connectivity index (χ4n) is 1.90. The Hall–Kier alpha value is -1.61. The van der Waals surface area contributed by atoms with Crippen molar-refractivity contribution in [3.05, 3.63) is 52.0 Å². The van der Waals surface area contributed by atoms with Gasteiger partial charge in [0.1, 0.15) is 5.82 Å². The van der Waals surface area contributed by atoms with Crippen molar-refractivity contribution in [2.24, 2.45) is 0 Å². The Bertz CT molecular complexity index is 608. The van der Waals surface area contributed by atoms with Crippen LogP contribution < -0.4 is 0 Å². The second-order valence-corrected chi connectivity index (χ2v) is 4.74. The van der Waals surface area contributed by atoms with Crippen LogP contribution in [0, 0.1) is 6.92 Å². The van der Waals surface area contributed by atoms with Crippen LogP contribution in [-0.4, -0.2) is 9.97 Å². The Morgan fingerprint density at radius 2 is 2.25 bits per heavy atom. The molecule has 2 heterocycles. The fourth-order valence-corrected chi connectivity index (χ4v) is 2.57. The van der Waals surface area contributed by atoms with Gasteiger partial charge in [0.25, 0.3) is 0 Å². The summed E-state index contributed by atoms with van der Waals surface area (Å²) in [6.45, 7) is 2.09. The Labute approximate surface area is 98.0 Å². The summed E-state index contributed by atoms with van der Waals surface area (Å²) in [6.07, 6.45) is 0.887. The molecule has 80 valence electrons. The van der Waals surface area contributed by atoms with Gasteiger partial charge in [-0.05, 0) is 40.9 Å². The average Bonchev–Trinajstić information content (AvgIpc) is 2.88. The Balaban J connectivity index is 2.02. The van der Waals surface area contributed by atoms with E-state index in [4.69, 9.17) is 0 Å². The molecule has 0 saturated heterocycles. The summed E-state index contributed by atoms with van der Waals surface area (Å²) in [5.41, 5.74) is 4.77. The maximum Gasteiger partial charge on any atom is 0.111 e. The van der Waals surface area contributed by atoms with Crippen molar-refractivity contribution in [2.45, 2.75) is 13.3 Å². The van der Waals surface area contributed by atoms with E-state index < -0.39 is 0 Å². The zero-order chi connectivity index (χ0) is 11.0. The first-order chi connectivity index (χ1) is 7.83. The number of imidazole rings is 1. The quantitative estimate of drug-likeness (QED) is 0.714. The van der Waals surface area contributed by atoms with Gasteiger partial charge in [0.15, 0.2) is 0 Å². The zero-order valence-electron chi connectivity index (χ0n) is 9.03. The van der Waals surface area contributed by atoms with Crippen LogP contribution in [0.4, 0.5) is 0 Å². The highest BCUT2D eigenvalue weighted by atomic mass is 32.1. The maximum atomic E-state index is 4.64. The molecule has 0 spiro atoms. The second-order valence-electron chi connectivity index (χ2n) is 3.96. The summed E-state index contributed by atoms with van der Waals surface area (Å²) in [7, 11) is 0. The minimum atomic E-state index is 0.887. The van der Waals surface area contributed by atoms with Crippen molar-refractivity contribution >= 4 is 22.4 Å². The molecule has 0 aliphatic rings. The summed E-state index contributed by atoms with van der Waals surface area (Å²) in [4.78, 5) is 8.00. The third kappa shape index (κ3) is 1.63. The van der Waals surface area contributed by atoms with Crippen LogP contribution in [0.3, 0.4) is 0 Å². The molecule has 0 saturated carbocycles. The number of thiophene rings is 1. The molecule has 0 bridgehead atoms. The van der Waals surface area contributed by atoms with Crippen molar-refractivity contribution in [1.82, 2.24) is 9.97 Å². The monoisotopic (exact) mass is 228 g/mol. The lowest BCUT2D eigenvalue weighted by Gasteiger charge is -1.91. The van der Waals surface area contributed by atoms with E-state index in [1.54, 1.807) is 11.3 Å². The summed E-state index contributed by atoms with van der Waals surface area (Å²) < 4.78 is 0. The summed E-state index contributed by atoms with van der Waals surface area (Å²) >= 11 is 1.73. The maximum absolute atomic E-state index is 4.64. The summed E-state index contributed by atoms with van der Waals surface area (Å²) in [5.74, 6) is 1.04. The van der Waals surface area contributed by atoms with E-state index >= 15 is 0 Å². The third-order valence-corrected chi connectivity index (χ3v) is 3.45. The Morgan fingerprint density at radius 3 is 3.00 bits per heavy atom. The SMILES string of the molecule is Cc1cccc2[nH]c(Cc3ccsc3)nc12. The number of H-pyrrole nitrogens is 1. The van der Waals surface area contributed by atoms with E-state index in [9.17, 15) is 0 Å². The lowest BCUT2D eigenvalue weighted by Crippen LogP contribution is -1.87. The molecule has 3 aromatic rings. The molecule has 1 N–H and O–H groups in total. The predicted molar refractivity (Wildman–Crippen MR) is 68.0 cm³/mol. The minimum Gasteiger partial charge on any atom is -0.342 e. The summed E-state index contributed by atoms with van der Waals surface area (Å²) in [6, 6.07) is 8.37. The predicted octanol–water partition coefficient (Wildman–Crippen LogP) is 3.52. The van der Waals surface area contributed by atoms with E-state index in [0.717, 1.165) is 23.3 Å². The number of nitrogens with zero attached hydrogens (tertiary/aromatic N) is 1. The van der Waals surface area contributed by atoms with Gasteiger partial charge in [-0.2, -0.15) is 11.3 Å². The first-order valence-corrected chi connectivity index (χ1v) is 6.22. The van der Waals surface area contributed by atoms with E-state index in [1.807, 2.05) is 0 Å². The van der Waals surface area contributed by atoms with E-state index in [0.29, 0.717) is 0 Å². The number of aromatic amines is 1. The molecule has 0 aliphatic heterocycles. The Morgan fingerprint density at radius 1 is 1.31 bits per heavy atom. The third-order valence-electron chi connectivity index (χ3n) is 2.72. The highest BCUT2D eigenvalue weighted by molar-refractivity contribution is 7.07. The number of aromatic nitrogens is 2. The van der Waals surface area contributed by atoms with Crippen molar-refractivity contribution < 1.29 is 0 Å². The molecule has 3 heteroatoms. The lowest BCUT2D eigenvalue weighted by atomic mass is 10.2. The lowest BCUT2D eigenvalue weighted by molar-refractivity contribution is 1.04. The Kier molecular flexibility index (Phi) is 2.26. The molecule has 0 aliphatic carbocycles. The summed E-state index contributed by atoms with van der Waals surface area (Å²) in [5, 5.41) is 4.27. The van der Waals surface area contributed by atoms with Crippen LogP contribution in [0.15, 0.2) is 35.0 Å². The molecule has 2 nitrogen and oxygen atoms in total. The molecule has 1 aromatic carbocycles. The van der Waals surface area contributed by atoms with Crippen molar-refractivity contribution in [1.29, 1.82) is 0 Å². The number of hydrogen-bond donors (Lipinski definition) is 1. The van der Waals surface area contributed by atoms with Crippen LogP contribution in [0.5, 0.6) is 0 Å². The van der Waals surface area contributed by atoms with Gasteiger partial charge >= 0.3 is 0 Å². The smallest absolute Gasteiger partial charge is 0.111 e. The van der Waals surface area contributed by atoms with Gasteiger partial charge in [-0.1, -0.05) is 12.1 Å². The van der Waals surface area contributed by atoms with Crippen molar-refractivity contribution in [2.75, 3.05) is 0 Å². The second kappa shape index (κ2) is 3.76. The van der Waals surface area contributed by atoms with Crippen LogP contribution in [-0.2, 0) is 6.42 Å². The highest BCUT2D eigenvalue weighted by Crippen LogP contribution is 2.17. The number of fused-ring (bicyclic) bond motifs is 1. The molecular formula is C13H12N2S. The number of nitrogens with one attached hydrogen (secondary N) is 1. The number of rotatable bonds is 2. The van der Waals surface area contributed by atoms with Gasteiger partial charge in [0.2, 0.25) is 0 Å². The largest absolute Gasteiger partial charge is 0.342 e. The molecule has 0 unspecified atom stereocenters. The molecule has 16 heavy (non-hydrogen) atoms. The van der Waals surface area contributed by atoms with Gasteiger partial charge in [-0.3, -0.25) is 0 Å². The fraction of sp³-hybridized carbons (Fsp3) is 0.154. The average molecular weight is 228 g/mol. The molecule has 0 fully saturated rings. The molecule has 0 radical (unpaired) electrons. The zero-order valence-corrected chi connectivity index (χ0v) is 9.84. The number of aryl methyl sites for hydroxylation is 1. The van der Waals surface area contributed by atoms with Gasteiger partial charge in [-0.15, -0.1) is 0 Å². The molecule has 3 rings (SSSR count). The standard InChI is InChI=1S/C13H12N2S/c1-9-3-2-4-11-13(9)15-12(14-11)7-10-5-6-16-8-10/h2-6,8H,7H2,1H3,(H,14,15). The van der Waals surface area contributed by atoms with E-state index in [2.05, 4.69) is 51.9 Å². The first-order valence-electron chi connectivity index (χ1n) is 5.28. The molecular weight excluding hydrogens is 216 g/mol. The van der Waals surface area contributed by atoms with Gasteiger partial charge in [-0.25, -0.2) is 4.98 Å². The van der Waals surface area contributed by atoms with E-state index in [-0.39, 0.29) is 0 Å². The minimum absolute atomic E-state index is 0.887. The van der Waals surface area contributed by atoms with Crippen LogP contribution in [0.1, 0.15) is 17.0 Å². The normalized spacial score (nSPS) is 11.1. The number of benzene rings is 1. The van der Waals surface area contributed by atoms with Gasteiger partial charge < -0.3 is 4.98 Å². The van der Waals surface area contributed by atoms with Crippen LogP contribution in [0.2, 0.25) is 0 Å². The number of hydrogen-bond acceptors (Lipinski definition) is 2. The topological polar surface area (TPSA) is 28.7 Å².